The van der Waals surface area contributed by atoms with E-state index >= 15 is 0 Å². The lowest BCUT2D eigenvalue weighted by Gasteiger charge is -2.07. The molecule has 6 heteroatoms. The van der Waals surface area contributed by atoms with Crippen molar-refractivity contribution in [1.29, 1.82) is 0 Å². The highest BCUT2D eigenvalue weighted by molar-refractivity contribution is 7.71. The van der Waals surface area contributed by atoms with Gasteiger partial charge >= 0.3 is 6.18 Å². The Labute approximate surface area is 93.7 Å². The Hall–Kier alpha value is -1.56. The molecule has 0 amide bonds. The van der Waals surface area contributed by atoms with E-state index in [4.69, 9.17) is 16.6 Å². The van der Waals surface area contributed by atoms with Gasteiger partial charge in [0.05, 0.1) is 17.5 Å². The molecule has 0 aliphatic rings. The molecule has 0 saturated carbocycles. The first-order valence-corrected chi connectivity index (χ1v) is 4.73. The summed E-state index contributed by atoms with van der Waals surface area (Å²) in [4.78, 5) is 2.64. The summed E-state index contributed by atoms with van der Waals surface area (Å²) in [5.74, 6) is 0.317. The Morgan fingerprint density at radius 3 is 2.56 bits per heavy atom. The minimum Gasteiger partial charge on any atom is -0.463 e. The van der Waals surface area contributed by atoms with Gasteiger partial charge in [-0.25, -0.2) is 0 Å². The van der Waals surface area contributed by atoms with E-state index in [1.165, 1.54) is 6.26 Å². The number of furan rings is 1. The van der Waals surface area contributed by atoms with Crippen molar-refractivity contribution in [3.05, 3.63) is 40.7 Å². The van der Waals surface area contributed by atoms with Gasteiger partial charge in [0, 0.05) is 0 Å². The second kappa shape index (κ2) is 3.79. The summed E-state index contributed by atoms with van der Waals surface area (Å²) in [5.41, 5.74) is -0.576. The van der Waals surface area contributed by atoms with Crippen LogP contribution in [0.5, 0.6) is 0 Å². The van der Waals surface area contributed by atoms with E-state index < -0.39 is 11.7 Å². The van der Waals surface area contributed by atoms with Crippen molar-refractivity contribution in [2.45, 2.75) is 6.18 Å². The Balaban J connectivity index is 2.57. The van der Waals surface area contributed by atoms with Crippen LogP contribution in [0.2, 0.25) is 0 Å². The first kappa shape index (κ1) is 10.9. The van der Waals surface area contributed by atoms with E-state index in [1.54, 1.807) is 12.1 Å². The molecule has 0 spiro atoms. The number of aromatic amines is 1. The van der Waals surface area contributed by atoms with Gasteiger partial charge in [0.25, 0.3) is 0 Å². The van der Waals surface area contributed by atoms with Crippen molar-refractivity contribution in [1.82, 2.24) is 4.98 Å². The number of halogens is 3. The summed E-state index contributed by atoms with van der Waals surface area (Å²) in [5, 5.41) is 0. The zero-order valence-corrected chi connectivity index (χ0v) is 8.65. The number of aromatic nitrogens is 1. The monoisotopic (exact) mass is 245 g/mol. The third kappa shape index (κ3) is 2.16. The van der Waals surface area contributed by atoms with Crippen LogP contribution in [0.4, 0.5) is 13.2 Å². The predicted octanol–water partition coefficient (Wildman–Crippen LogP) is 4.02. The Morgan fingerprint density at radius 2 is 2.00 bits per heavy atom. The molecular formula is C10H6F3NOS. The van der Waals surface area contributed by atoms with E-state index in [0.29, 0.717) is 5.76 Å². The largest absolute Gasteiger partial charge is 0.463 e. The van der Waals surface area contributed by atoms with Crippen LogP contribution < -0.4 is 0 Å². The van der Waals surface area contributed by atoms with Crippen LogP contribution in [0.3, 0.4) is 0 Å². The molecule has 0 fully saturated rings. The number of alkyl halides is 3. The summed E-state index contributed by atoms with van der Waals surface area (Å²) in [6.45, 7) is 0. The highest BCUT2D eigenvalue weighted by Gasteiger charge is 2.31. The van der Waals surface area contributed by atoms with Gasteiger partial charge in [-0.1, -0.05) is 12.2 Å². The van der Waals surface area contributed by atoms with Crippen molar-refractivity contribution in [3.63, 3.8) is 0 Å². The molecule has 0 saturated heterocycles. The molecule has 2 rings (SSSR count). The fourth-order valence-electron chi connectivity index (χ4n) is 1.27. The summed E-state index contributed by atoms with van der Waals surface area (Å²) < 4.78 is 42.5. The summed E-state index contributed by atoms with van der Waals surface area (Å²) in [7, 11) is 0. The molecule has 1 N–H and O–H groups in total. The van der Waals surface area contributed by atoms with Crippen molar-refractivity contribution < 1.29 is 17.6 Å². The molecule has 0 atom stereocenters. The number of rotatable bonds is 1. The zero-order valence-electron chi connectivity index (χ0n) is 7.84. The summed E-state index contributed by atoms with van der Waals surface area (Å²) in [6.07, 6.45) is -3.03. The molecule has 0 unspecified atom stereocenters. The highest BCUT2D eigenvalue weighted by Crippen LogP contribution is 2.31. The summed E-state index contributed by atoms with van der Waals surface area (Å²) in [6, 6.07) is 4.99. The van der Waals surface area contributed by atoms with E-state index in [9.17, 15) is 13.2 Å². The average Bonchev–Trinajstić information content (AvgIpc) is 2.68. The minimum atomic E-state index is -4.41. The molecule has 0 bridgehead atoms. The molecule has 0 radical (unpaired) electrons. The van der Waals surface area contributed by atoms with Gasteiger partial charge in [-0.15, -0.1) is 0 Å². The molecule has 2 aromatic heterocycles. The van der Waals surface area contributed by atoms with Crippen LogP contribution in [0.1, 0.15) is 5.56 Å². The molecule has 0 aliphatic heterocycles. The smallest absolute Gasteiger partial charge is 0.416 e. The molecule has 16 heavy (non-hydrogen) atoms. The second-order valence-corrected chi connectivity index (χ2v) is 3.56. The van der Waals surface area contributed by atoms with E-state index in [0.717, 1.165) is 12.1 Å². The van der Waals surface area contributed by atoms with Crippen molar-refractivity contribution >= 4 is 12.2 Å². The molecule has 0 aromatic carbocycles. The summed E-state index contributed by atoms with van der Waals surface area (Å²) >= 11 is 4.73. The van der Waals surface area contributed by atoms with Crippen LogP contribution in [0.25, 0.3) is 11.5 Å². The average molecular weight is 245 g/mol. The number of nitrogens with one attached hydrogen (secondary N) is 1. The number of hydrogen-bond acceptors (Lipinski definition) is 2. The first-order valence-electron chi connectivity index (χ1n) is 4.32. The molecule has 84 valence electrons. The van der Waals surface area contributed by atoms with E-state index in [-0.39, 0.29) is 10.3 Å². The Bertz CT molecular complexity index is 542. The molecular weight excluding hydrogens is 239 g/mol. The maximum Gasteiger partial charge on any atom is 0.416 e. The van der Waals surface area contributed by atoms with Gasteiger partial charge in [-0.05, 0) is 24.3 Å². The van der Waals surface area contributed by atoms with Crippen molar-refractivity contribution in [3.8, 4) is 11.5 Å². The van der Waals surface area contributed by atoms with E-state index in [1.807, 2.05) is 0 Å². The van der Waals surface area contributed by atoms with E-state index in [2.05, 4.69) is 4.98 Å². The Kier molecular flexibility index (Phi) is 2.59. The first-order chi connectivity index (χ1) is 7.47. The normalized spacial score (nSPS) is 11.7. The maximum atomic E-state index is 12.5. The number of H-pyrrole nitrogens is 1. The lowest BCUT2D eigenvalue weighted by molar-refractivity contribution is -0.137. The van der Waals surface area contributed by atoms with Gasteiger partial charge < -0.3 is 9.40 Å². The molecule has 2 aromatic rings. The molecule has 2 nitrogen and oxygen atoms in total. The van der Waals surface area contributed by atoms with Crippen LogP contribution in [-0.2, 0) is 6.18 Å². The maximum absolute atomic E-state index is 12.5. The zero-order chi connectivity index (χ0) is 11.8. The number of hydrogen-bond donors (Lipinski definition) is 1. The van der Waals surface area contributed by atoms with Crippen molar-refractivity contribution in [2.24, 2.45) is 0 Å². The second-order valence-electron chi connectivity index (χ2n) is 3.12. The van der Waals surface area contributed by atoms with Gasteiger partial charge in [0.2, 0.25) is 0 Å². The fraction of sp³-hybridized carbons (Fsp3) is 0.100. The SMILES string of the molecule is FC(F)(F)c1cc(-c2ccco2)[nH]c(=S)c1. The Morgan fingerprint density at radius 1 is 1.25 bits per heavy atom. The lowest BCUT2D eigenvalue weighted by atomic mass is 10.2. The van der Waals surface area contributed by atoms with Gasteiger partial charge in [0.1, 0.15) is 10.4 Å². The van der Waals surface area contributed by atoms with Crippen molar-refractivity contribution in [2.75, 3.05) is 0 Å². The van der Waals surface area contributed by atoms with Gasteiger partial charge in [-0.3, -0.25) is 0 Å². The number of pyridine rings is 1. The van der Waals surface area contributed by atoms with Crippen LogP contribution in [-0.4, -0.2) is 4.98 Å². The standard InChI is InChI=1S/C10H6F3NOS/c11-10(12,13)6-4-7(14-9(16)5-6)8-2-1-3-15-8/h1-5H,(H,14,16). The van der Waals surface area contributed by atoms with Gasteiger partial charge in [0.15, 0.2) is 0 Å². The topological polar surface area (TPSA) is 28.9 Å². The molecule has 2 heterocycles. The fourth-order valence-corrected chi connectivity index (χ4v) is 1.51. The lowest BCUT2D eigenvalue weighted by Crippen LogP contribution is -2.05. The van der Waals surface area contributed by atoms with Crippen LogP contribution >= 0.6 is 12.2 Å². The van der Waals surface area contributed by atoms with Gasteiger partial charge in [-0.2, -0.15) is 13.2 Å². The molecule has 0 aliphatic carbocycles. The van der Waals surface area contributed by atoms with Crippen LogP contribution in [0.15, 0.2) is 34.9 Å². The third-order valence-electron chi connectivity index (χ3n) is 1.96. The predicted molar refractivity (Wildman–Crippen MR) is 54.3 cm³/mol. The quantitative estimate of drug-likeness (QED) is 0.768. The van der Waals surface area contributed by atoms with Crippen LogP contribution in [0, 0.1) is 4.64 Å². The minimum absolute atomic E-state index is 0.0150. The third-order valence-corrected chi connectivity index (χ3v) is 2.18. The highest BCUT2D eigenvalue weighted by atomic mass is 32.1.